The van der Waals surface area contributed by atoms with Crippen LogP contribution in [0.2, 0.25) is 0 Å². The molecule has 104 valence electrons. The number of nitrogens with zero attached hydrogens (tertiary/aromatic N) is 1. The van der Waals surface area contributed by atoms with Crippen LogP contribution in [0.25, 0.3) is 0 Å². The SMILES string of the molecule is C=CCN(CCOC)C(=O)NCC(OC)C(=O)O. The minimum absolute atomic E-state index is 0.0920. The van der Waals surface area contributed by atoms with Crippen LogP contribution in [-0.4, -0.2) is 68.6 Å². The molecule has 0 aliphatic rings. The topological polar surface area (TPSA) is 88.1 Å². The van der Waals surface area contributed by atoms with Crippen molar-refractivity contribution in [1.82, 2.24) is 10.2 Å². The molecule has 0 radical (unpaired) electrons. The lowest BCUT2D eigenvalue weighted by molar-refractivity contribution is -0.148. The maximum atomic E-state index is 11.7. The summed E-state index contributed by atoms with van der Waals surface area (Å²) < 4.78 is 9.58. The van der Waals surface area contributed by atoms with Gasteiger partial charge in [-0.3, -0.25) is 0 Å². The van der Waals surface area contributed by atoms with E-state index in [0.717, 1.165) is 0 Å². The Bertz CT molecular complexity index is 283. The van der Waals surface area contributed by atoms with E-state index in [-0.39, 0.29) is 12.6 Å². The van der Waals surface area contributed by atoms with E-state index in [4.69, 9.17) is 14.6 Å². The van der Waals surface area contributed by atoms with Crippen LogP contribution >= 0.6 is 0 Å². The summed E-state index contributed by atoms with van der Waals surface area (Å²) in [5, 5.41) is 11.2. The number of hydrogen-bond acceptors (Lipinski definition) is 4. The van der Waals surface area contributed by atoms with Gasteiger partial charge in [-0.05, 0) is 0 Å². The highest BCUT2D eigenvalue weighted by atomic mass is 16.5. The van der Waals surface area contributed by atoms with Crippen molar-refractivity contribution in [2.24, 2.45) is 0 Å². The summed E-state index contributed by atoms with van der Waals surface area (Å²) in [6, 6.07) is -0.379. The molecule has 0 spiro atoms. The first-order chi connectivity index (χ1) is 8.56. The molecule has 0 aliphatic heterocycles. The highest BCUT2D eigenvalue weighted by Gasteiger charge is 2.19. The van der Waals surface area contributed by atoms with Crippen molar-refractivity contribution in [2.45, 2.75) is 6.10 Å². The van der Waals surface area contributed by atoms with E-state index in [1.54, 1.807) is 6.08 Å². The number of urea groups is 1. The third kappa shape index (κ3) is 6.21. The van der Waals surface area contributed by atoms with Crippen LogP contribution in [0.1, 0.15) is 0 Å². The van der Waals surface area contributed by atoms with Crippen molar-refractivity contribution in [2.75, 3.05) is 40.5 Å². The van der Waals surface area contributed by atoms with E-state index in [0.29, 0.717) is 19.7 Å². The Morgan fingerprint density at radius 1 is 1.50 bits per heavy atom. The van der Waals surface area contributed by atoms with Gasteiger partial charge in [-0.25, -0.2) is 9.59 Å². The third-order valence-electron chi connectivity index (χ3n) is 2.20. The number of rotatable bonds is 9. The highest BCUT2D eigenvalue weighted by Crippen LogP contribution is 1.93. The van der Waals surface area contributed by atoms with E-state index in [1.165, 1.54) is 19.1 Å². The molecule has 0 saturated heterocycles. The number of methoxy groups -OCH3 is 2. The average molecular weight is 260 g/mol. The standard InChI is InChI=1S/C11H20N2O5/c1-4-5-13(6-7-17-2)11(16)12-8-9(18-3)10(14)15/h4,9H,1,5-8H2,2-3H3,(H,12,16)(H,14,15). The number of nitrogens with one attached hydrogen (secondary N) is 1. The number of hydrogen-bond donors (Lipinski definition) is 2. The molecule has 1 unspecified atom stereocenters. The molecule has 1 atom stereocenters. The molecule has 0 aromatic carbocycles. The second kappa shape index (κ2) is 9.43. The van der Waals surface area contributed by atoms with Crippen LogP contribution in [0.5, 0.6) is 0 Å². The Hall–Kier alpha value is -1.60. The smallest absolute Gasteiger partial charge is 0.334 e. The van der Waals surface area contributed by atoms with Crippen molar-refractivity contribution in [3.05, 3.63) is 12.7 Å². The molecule has 0 aliphatic carbocycles. The van der Waals surface area contributed by atoms with Gasteiger partial charge in [0.25, 0.3) is 0 Å². The number of carboxylic acid groups (broad SMARTS) is 1. The number of carbonyl (C=O) groups excluding carboxylic acids is 1. The minimum atomic E-state index is -1.12. The third-order valence-corrected chi connectivity index (χ3v) is 2.20. The van der Waals surface area contributed by atoms with Crippen molar-refractivity contribution in [3.63, 3.8) is 0 Å². The van der Waals surface area contributed by atoms with Gasteiger partial charge in [0.2, 0.25) is 0 Å². The van der Waals surface area contributed by atoms with E-state index in [2.05, 4.69) is 11.9 Å². The fourth-order valence-corrected chi connectivity index (χ4v) is 1.20. The molecule has 0 bridgehead atoms. The number of ether oxygens (including phenoxy) is 2. The zero-order valence-electron chi connectivity index (χ0n) is 10.7. The summed E-state index contributed by atoms with van der Waals surface area (Å²) in [4.78, 5) is 23.9. The van der Waals surface area contributed by atoms with E-state index < -0.39 is 12.1 Å². The number of amides is 2. The summed E-state index contributed by atoms with van der Waals surface area (Å²) in [5.74, 6) is -1.12. The van der Waals surface area contributed by atoms with Crippen LogP contribution in [-0.2, 0) is 14.3 Å². The first-order valence-electron chi connectivity index (χ1n) is 5.45. The largest absolute Gasteiger partial charge is 0.479 e. The molecule has 0 heterocycles. The number of aliphatic carboxylic acids is 1. The molecule has 0 aromatic rings. The monoisotopic (exact) mass is 260 g/mol. The Labute approximate surface area is 106 Å². The van der Waals surface area contributed by atoms with Gasteiger partial charge in [0.05, 0.1) is 13.2 Å². The number of carbonyl (C=O) groups is 2. The quantitative estimate of drug-likeness (QED) is 0.567. The summed E-state index contributed by atoms with van der Waals surface area (Å²) in [7, 11) is 2.81. The van der Waals surface area contributed by atoms with Gasteiger partial charge in [-0.2, -0.15) is 0 Å². The van der Waals surface area contributed by atoms with Gasteiger partial charge in [0.1, 0.15) is 0 Å². The maximum Gasteiger partial charge on any atom is 0.334 e. The normalized spacial score (nSPS) is 11.7. The summed E-state index contributed by atoms with van der Waals surface area (Å²) in [6.45, 7) is 4.62. The average Bonchev–Trinajstić information content (AvgIpc) is 2.34. The molecular formula is C11H20N2O5. The Balaban J connectivity index is 4.23. The summed E-state index contributed by atoms with van der Waals surface area (Å²) in [5.41, 5.74) is 0. The summed E-state index contributed by atoms with van der Waals surface area (Å²) >= 11 is 0. The molecule has 0 rings (SSSR count). The maximum absolute atomic E-state index is 11.7. The van der Waals surface area contributed by atoms with Crippen LogP contribution < -0.4 is 5.32 Å². The van der Waals surface area contributed by atoms with Gasteiger partial charge < -0.3 is 24.8 Å². The lowest BCUT2D eigenvalue weighted by Gasteiger charge is -2.22. The van der Waals surface area contributed by atoms with Crippen molar-refractivity contribution < 1.29 is 24.2 Å². The van der Waals surface area contributed by atoms with Gasteiger partial charge in [-0.1, -0.05) is 6.08 Å². The molecule has 0 saturated carbocycles. The van der Waals surface area contributed by atoms with Crippen LogP contribution in [0, 0.1) is 0 Å². The zero-order valence-corrected chi connectivity index (χ0v) is 10.7. The predicted molar refractivity (Wildman–Crippen MR) is 65.5 cm³/mol. The van der Waals surface area contributed by atoms with Gasteiger partial charge in [0.15, 0.2) is 6.10 Å². The Kier molecular flexibility index (Phi) is 8.59. The molecule has 2 amide bonds. The van der Waals surface area contributed by atoms with Crippen molar-refractivity contribution >= 4 is 12.0 Å². The minimum Gasteiger partial charge on any atom is -0.479 e. The second-order valence-corrected chi connectivity index (χ2v) is 3.48. The van der Waals surface area contributed by atoms with Crippen LogP contribution in [0.4, 0.5) is 4.79 Å². The fourth-order valence-electron chi connectivity index (χ4n) is 1.20. The lowest BCUT2D eigenvalue weighted by Crippen LogP contribution is -2.46. The van der Waals surface area contributed by atoms with Crippen molar-refractivity contribution in [3.8, 4) is 0 Å². The van der Waals surface area contributed by atoms with Crippen LogP contribution in [0.15, 0.2) is 12.7 Å². The van der Waals surface area contributed by atoms with Gasteiger partial charge >= 0.3 is 12.0 Å². The van der Waals surface area contributed by atoms with Gasteiger partial charge in [-0.15, -0.1) is 6.58 Å². The first-order valence-corrected chi connectivity index (χ1v) is 5.45. The molecular weight excluding hydrogens is 240 g/mol. The summed E-state index contributed by atoms with van der Waals surface area (Å²) in [6.07, 6.45) is 0.530. The predicted octanol–water partition coefficient (Wildman–Crippen LogP) is -0.0700. The van der Waals surface area contributed by atoms with Crippen molar-refractivity contribution in [1.29, 1.82) is 0 Å². The number of carboxylic acids is 1. The fraction of sp³-hybridized carbons (Fsp3) is 0.636. The molecule has 7 nitrogen and oxygen atoms in total. The molecule has 0 aromatic heterocycles. The second-order valence-electron chi connectivity index (χ2n) is 3.48. The molecule has 0 fully saturated rings. The zero-order chi connectivity index (χ0) is 14.0. The van der Waals surface area contributed by atoms with E-state index in [1.807, 2.05) is 0 Å². The lowest BCUT2D eigenvalue weighted by atomic mass is 10.3. The highest BCUT2D eigenvalue weighted by molar-refractivity contribution is 5.77. The molecule has 18 heavy (non-hydrogen) atoms. The first kappa shape index (κ1) is 16.4. The van der Waals surface area contributed by atoms with Crippen LogP contribution in [0.3, 0.4) is 0 Å². The molecule has 2 N–H and O–H groups in total. The van der Waals surface area contributed by atoms with E-state index in [9.17, 15) is 9.59 Å². The Morgan fingerprint density at radius 2 is 2.17 bits per heavy atom. The van der Waals surface area contributed by atoms with Gasteiger partial charge in [0, 0.05) is 27.3 Å². The molecule has 7 heteroatoms. The Morgan fingerprint density at radius 3 is 2.61 bits per heavy atom. The van der Waals surface area contributed by atoms with E-state index >= 15 is 0 Å².